The molecule has 0 aliphatic carbocycles. The van der Waals surface area contributed by atoms with Crippen molar-refractivity contribution >= 4 is 18.3 Å². The molecule has 7 nitrogen and oxygen atoms in total. The Morgan fingerprint density at radius 2 is 1.97 bits per heavy atom. The van der Waals surface area contributed by atoms with Crippen molar-refractivity contribution in [3.63, 3.8) is 0 Å². The van der Waals surface area contributed by atoms with Gasteiger partial charge in [0.05, 0.1) is 20.3 Å². The second-order valence-corrected chi connectivity index (χ2v) is 6.09. The maximum absolute atomic E-state index is 13.2. The number of pyridine rings is 1. The number of nitrogens with zero attached hydrogens (tertiary/aromatic N) is 2. The van der Waals surface area contributed by atoms with Crippen LogP contribution in [0.15, 0.2) is 36.7 Å². The van der Waals surface area contributed by atoms with E-state index in [2.05, 4.69) is 15.0 Å². The molecular weight excluding hydrogens is 408 g/mol. The molecule has 0 spiro atoms. The SMILES string of the molecule is COc1cc(C(=O)N2CCNCC2c2cccnc2)cc(OC)c1OC(F)F.Cl. The number of halogens is 3. The lowest BCUT2D eigenvalue weighted by molar-refractivity contribution is -0.0526. The van der Waals surface area contributed by atoms with Gasteiger partial charge in [-0.1, -0.05) is 6.07 Å². The molecule has 10 heteroatoms. The lowest BCUT2D eigenvalue weighted by Gasteiger charge is -2.36. The summed E-state index contributed by atoms with van der Waals surface area (Å²) in [6.07, 6.45) is 3.39. The highest BCUT2D eigenvalue weighted by Crippen LogP contribution is 2.40. The van der Waals surface area contributed by atoms with Gasteiger partial charge < -0.3 is 24.4 Å². The normalized spacial score (nSPS) is 16.2. The van der Waals surface area contributed by atoms with E-state index in [0.717, 1.165) is 5.56 Å². The fraction of sp³-hybridized carbons (Fsp3) is 0.368. The third kappa shape index (κ3) is 5.04. The topological polar surface area (TPSA) is 72.9 Å². The van der Waals surface area contributed by atoms with E-state index in [0.29, 0.717) is 19.6 Å². The van der Waals surface area contributed by atoms with E-state index >= 15 is 0 Å². The van der Waals surface area contributed by atoms with Crippen molar-refractivity contribution in [2.24, 2.45) is 0 Å². The van der Waals surface area contributed by atoms with E-state index in [1.165, 1.54) is 26.4 Å². The molecule has 1 unspecified atom stereocenters. The minimum Gasteiger partial charge on any atom is -0.493 e. The summed E-state index contributed by atoms with van der Waals surface area (Å²) in [6, 6.07) is 6.28. The van der Waals surface area contributed by atoms with Crippen LogP contribution in [-0.2, 0) is 0 Å². The number of rotatable bonds is 6. The number of carbonyl (C=O) groups is 1. The maximum Gasteiger partial charge on any atom is 0.387 e. The first-order valence-corrected chi connectivity index (χ1v) is 8.67. The lowest BCUT2D eigenvalue weighted by atomic mass is 10.0. The van der Waals surface area contributed by atoms with Crippen molar-refractivity contribution in [3.05, 3.63) is 47.8 Å². The predicted octanol–water partition coefficient (Wildman–Crippen LogP) is 2.91. The Morgan fingerprint density at radius 1 is 1.28 bits per heavy atom. The second kappa shape index (κ2) is 10.2. The Kier molecular flexibility index (Phi) is 7.98. The monoisotopic (exact) mass is 429 g/mol. The van der Waals surface area contributed by atoms with Crippen LogP contribution in [-0.4, -0.2) is 56.3 Å². The fourth-order valence-electron chi connectivity index (χ4n) is 3.19. The first-order chi connectivity index (χ1) is 13.5. The van der Waals surface area contributed by atoms with Crippen LogP contribution in [0.4, 0.5) is 8.78 Å². The van der Waals surface area contributed by atoms with Gasteiger partial charge in [-0.3, -0.25) is 9.78 Å². The first-order valence-electron chi connectivity index (χ1n) is 8.67. The maximum atomic E-state index is 13.2. The molecule has 2 aromatic rings. The summed E-state index contributed by atoms with van der Waals surface area (Å²) >= 11 is 0. The van der Waals surface area contributed by atoms with E-state index in [4.69, 9.17) is 9.47 Å². The van der Waals surface area contributed by atoms with Crippen LogP contribution < -0.4 is 19.5 Å². The van der Waals surface area contributed by atoms with Gasteiger partial charge in [-0.25, -0.2) is 0 Å². The molecule has 1 amide bonds. The third-order valence-corrected chi connectivity index (χ3v) is 4.49. The molecule has 2 heterocycles. The fourth-order valence-corrected chi connectivity index (χ4v) is 3.19. The zero-order valence-electron chi connectivity index (χ0n) is 15.9. The number of nitrogens with one attached hydrogen (secondary N) is 1. The highest BCUT2D eigenvalue weighted by Gasteiger charge is 2.30. The van der Waals surface area contributed by atoms with Crippen LogP contribution in [0.3, 0.4) is 0 Å². The van der Waals surface area contributed by atoms with Gasteiger partial charge in [0, 0.05) is 37.6 Å². The number of hydrogen-bond acceptors (Lipinski definition) is 6. The molecule has 0 saturated carbocycles. The second-order valence-electron chi connectivity index (χ2n) is 6.09. The van der Waals surface area contributed by atoms with E-state index in [-0.39, 0.29) is 47.2 Å². The van der Waals surface area contributed by atoms with Gasteiger partial charge in [-0.2, -0.15) is 8.78 Å². The van der Waals surface area contributed by atoms with Crippen LogP contribution in [0.5, 0.6) is 17.2 Å². The lowest BCUT2D eigenvalue weighted by Crippen LogP contribution is -2.48. The molecule has 1 N–H and O–H groups in total. The van der Waals surface area contributed by atoms with Crippen molar-refractivity contribution < 1.29 is 27.8 Å². The van der Waals surface area contributed by atoms with Gasteiger partial charge in [-0.15, -0.1) is 12.4 Å². The largest absolute Gasteiger partial charge is 0.493 e. The van der Waals surface area contributed by atoms with Crippen LogP contribution in [0.25, 0.3) is 0 Å². The van der Waals surface area contributed by atoms with Gasteiger partial charge in [0.15, 0.2) is 11.5 Å². The van der Waals surface area contributed by atoms with E-state index in [1.54, 1.807) is 17.3 Å². The molecule has 158 valence electrons. The van der Waals surface area contributed by atoms with Gasteiger partial charge in [0.1, 0.15) is 0 Å². The number of piperazine rings is 1. The van der Waals surface area contributed by atoms with E-state index in [1.807, 2.05) is 12.1 Å². The van der Waals surface area contributed by atoms with Crippen molar-refractivity contribution in [3.8, 4) is 17.2 Å². The Bertz CT molecular complexity index is 801. The standard InChI is InChI=1S/C19H21F2N3O4.ClH/c1-26-15-8-13(9-16(27-2)17(15)28-19(20)21)18(25)24-7-6-23-11-14(24)12-4-3-5-22-10-12;/h3-5,8-10,14,19,23H,6-7,11H2,1-2H3;1H. The summed E-state index contributed by atoms with van der Waals surface area (Å²) in [4.78, 5) is 19.1. The molecule has 3 rings (SSSR count). The molecule has 1 atom stereocenters. The summed E-state index contributed by atoms with van der Waals surface area (Å²) in [5.41, 5.74) is 1.16. The Balaban J connectivity index is 0.00000300. The van der Waals surface area contributed by atoms with Crippen molar-refractivity contribution in [1.29, 1.82) is 0 Å². The molecule has 1 aromatic heterocycles. The number of methoxy groups -OCH3 is 2. The smallest absolute Gasteiger partial charge is 0.387 e. The number of benzene rings is 1. The predicted molar refractivity (Wildman–Crippen MR) is 104 cm³/mol. The Labute approximate surface area is 173 Å². The third-order valence-electron chi connectivity index (χ3n) is 4.49. The molecule has 0 radical (unpaired) electrons. The van der Waals surface area contributed by atoms with Crippen LogP contribution >= 0.6 is 12.4 Å². The highest BCUT2D eigenvalue weighted by atomic mass is 35.5. The van der Waals surface area contributed by atoms with Crippen LogP contribution in [0.2, 0.25) is 0 Å². The van der Waals surface area contributed by atoms with Crippen molar-refractivity contribution in [2.75, 3.05) is 33.9 Å². The zero-order valence-corrected chi connectivity index (χ0v) is 16.7. The van der Waals surface area contributed by atoms with Crippen LogP contribution in [0, 0.1) is 0 Å². The van der Waals surface area contributed by atoms with Gasteiger partial charge in [-0.05, 0) is 23.8 Å². The Morgan fingerprint density at radius 3 is 2.52 bits per heavy atom. The number of hydrogen-bond donors (Lipinski definition) is 1. The quantitative estimate of drug-likeness (QED) is 0.761. The average molecular weight is 430 g/mol. The summed E-state index contributed by atoms with van der Waals surface area (Å²) in [5.74, 6) is -0.525. The molecule has 1 saturated heterocycles. The number of alkyl halides is 2. The minimum atomic E-state index is -3.05. The molecule has 0 bridgehead atoms. The number of aromatic nitrogens is 1. The van der Waals surface area contributed by atoms with Gasteiger partial charge in [0.2, 0.25) is 5.75 Å². The molecule has 1 aliphatic heterocycles. The van der Waals surface area contributed by atoms with Crippen LogP contribution in [0.1, 0.15) is 22.0 Å². The van der Waals surface area contributed by atoms with Gasteiger partial charge in [0.25, 0.3) is 5.91 Å². The molecule has 29 heavy (non-hydrogen) atoms. The van der Waals surface area contributed by atoms with Crippen molar-refractivity contribution in [1.82, 2.24) is 15.2 Å². The molecule has 1 aliphatic rings. The number of amides is 1. The summed E-state index contributed by atoms with van der Waals surface area (Å²) in [5, 5.41) is 3.27. The summed E-state index contributed by atoms with van der Waals surface area (Å²) in [7, 11) is 2.62. The molecule has 1 fully saturated rings. The first kappa shape index (κ1) is 22.6. The zero-order chi connectivity index (χ0) is 20.1. The van der Waals surface area contributed by atoms with Crippen molar-refractivity contribution in [2.45, 2.75) is 12.7 Å². The Hall–Kier alpha value is -2.65. The van der Waals surface area contributed by atoms with E-state index < -0.39 is 6.61 Å². The molecular formula is C19H22ClF2N3O4. The summed E-state index contributed by atoms with van der Waals surface area (Å²) < 4.78 is 40.2. The number of carbonyl (C=O) groups excluding carboxylic acids is 1. The average Bonchev–Trinajstić information content (AvgIpc) is 2.73. The highest BCUT2D eigenvalue weighted by molar-refractivity contribution is 5.96. The van der Waals surface area contributed by atoms with E-state index in [9.17, 15) is 13.6 Å². The molecule has 1 aromatic carbocycles. The number of ether oxygens (including phenoxy) is 3. The minimum absolute atomic E-state index is 0. The van der Waals surface area contributed by atoms with Gasteiger partial charge >= 0.3 is 6.61 Å². The summed E-state index contributed by atoms with van der Waals surface area (Å²) in [6.45, 7) is -1.34.